The first-order chi connectivity index (χ1) is 9.98. The first-order valence-corrected chi connectivity index (χ1v) is 8.65. The van der Waals surface area contributed by atoms with E-state index in [9.17, 15) is 14.7 Å². The van der Waals surface area contributed by atoms with E-state index in [-0.39, 0.29) is 18.9 Å². The van der Waals surface area contributed by atoms with Crippen LogP contribution in [0.5, 0.6) is 0 Å². The number of nitrogens with zero attached hydrogens (tertiary/aromatic N) is 2. The zero-order valence-corrected chi connectivity index (χ0v) is 13.3. The smallest absolute Gasteiger partial charge is 0.308 e. The Bertz CT molecular complexity index is 579. The Morgan fingerprint density at radius 2 is 2.05 bits per heavy atom. The Hall–Kier alpha value is -1.39. The molecule has 0 aliphatic heterocycles. The zero-order chi connectivity index (χ0) is 15.9. The maximum absolute atomic E-state index is 12.8. The molecule has 0 saturated carbocycles. The van der Waals surface area contributed by atoms with E-state index in [1.54, 1.807) is 19.9 Å². The molecule has 9 heteroatoms. The lowest BCUT2D eigenvalue weighted by molar-refractivity contribution is -0.384. The minimum Gasteiger partial charge on any atom is -0.308 e. The molecule has 21 heavy (non-hydrogen) atoms. The second-order valence-electron chi connectivity index (χ2n) is 3.79. The summed E-state index contributed by atoms with van der Waals surface area (Å²) < 4.78 is 23.3. The maximum Gasteiger partial charge on any atom is 0.349 e. The minimum absolute atomic E-state index is 0.143. The Kier molecular flexibility index (Phi) is 6.85. The molecular formula is C12H15N2O5PS. The van der Waals surface area contributed by atoms with Gasteiger partial charge in [-0.25, -0.2) is 0 Å². The van der Waals surface area contributed by atoms with E-state index in [0.717, 1.165) is 0 Å². The Morgan fingerprint density at radius 1 is 1.43 bits per heavy atom. The van der Waals surface area contributed by atoms with Gasteiger partial charge < -0.3 is 9.05 Å². The third kappa shape index (κ3) is 4.55. The molecule has 7 nitrogen and oxygen atoms in total. The number of nitro groups is 1. The number of nitriles is 1. The molecule has 0 saturated heterocycles. The van der Waals surface area contributed by atoms with Gasteiger partial charge in [-0.05, 0) is 31.2 Å². The predicted octanol–water partition coefficient (Wildman–Crippen LogP) is 4.07. The van der Waals surface area contributed by atoms with E-state index < -0.39 is 17.5 Å². The van der Waals surface area contributed by atoms with Crippen molar-refractivity contribution in [3.05, 3.63) is 39.9 Å². The number of hydrogen-bond donors (Lipinski definition) is 0. The van der Waals surface area contributed by atoms with Crippen molar-refractivity contribution in [2.24, 2.45) is 0 Å². The van der Waals surface area contributed by atoms with E-state index >= 15 is 0 Å². The average molecular weight is 330 g/mol. The highest BCUT2D eigenvalue weighted by Crippen LogP contribution is 2.65. The molecule has 1 aromatic carbocycles. The lowest BCUT2D eigenvalue weighted by atomic mass is 10.2. The number of hydrogen-bond acceptors (Lipinski definition) is 7. The van der Waals surface area contributed by atoms with Crippen LogP contribution in [0.15, 0.2) is 24.3 Å². The quantitative estimate of drug-likeness (QED) is 0.306. The summed E-state index contributed by atoms with van der Waals surface area (Å²) in [6, 6.07) is 5.64. The van der Waals surface area contributed by atoms with Crippen LogP contribution in [0.4, 0.5) is 5.69 Å². The average Bonchev–Trinajstić information content (AvgIpc) is 2.45. The molecular weight excluding hydrogens is 315 g/mol. The molecule has 1 aromatic rings. The summed E-state index contributed by atoms with van der Waals surface area (Å²) in [5.41, 5.74) is 0.219. The minimum atomic E-state index is -3.60. The molecule has 0 amide bonds. The number of thioether (sulfide) groups is 1. The fourth-order valence-electron chi connectivity index (χ4n) is 1.69. The maximum atomic E-state index is 12.8. The van der Waals surface area contributed by atoms with Gasteiger partial charge in [-0.3, -0.25) is 14.7 Å². The fraction of sp³-hybridized carbons (Fsp3) is 0.417. The standard InChI is InChI=1S/C12H15N2O5PS/c1-3-18-20(17,19-4-2)12(21-9-13)10-6-5-7-11(8-10)14(15)16/h5-8,12H,3-4H2,1-2H3. The van der Waals surface area contributed by atoms with E-state index in [1.165, 1.54) is 18.2 Å². The van der Waals surface area contributed by atoms with Gasteiger partial charge in [-0.15, -0.1) is 0 Å². The lowest BCUT2D eigenvalue weighted by Gasteiger charge is -2.23. The highest BCUT2D eigenvalue weighted by molar-refractivity contribution is 8.08. The van der Waals surface area contributed by atoms with E-state index in [0.29, 0.717) is 17.3 Å². The van der Waals surface area contributed by atoms with Gasteiger partial charge in [0.15, 0.2) is 0 Å². The molecule has 114 valence electrons. The zero-order valence-electron chi connectivity index (χ0n) is 11.6. The van der Waals surface area contributed by atoms with Crippen molar-refractivity contribution in [2.45, 2.75) is 18.8 Å². The van der Waals surface area contributed by atoms with Gasteiger partial charge in [0.05, 0.1) is 18.1 Å². The number of thiocyanates is 1. The number of benzene rings is 1. The van der Waals surface area contributed by atoms with Gasteiger partial charge >= 0.3 is 7.60 Å². The molecule has 0 aromatic heterocycles. The molecule has 0 aliphatic carbocycles. The molecule has 1 atom stereocenters. The summed E-state index contributed by atoms with van der Waals surface area (Å²) in [6.45, 7) is 3.61. The summed E-state index contributed by atoms with van der Waals surface area (Å²) in [7, 11) is -3.60. The van der Waals surface area contributed by atoms with Crippen LogP contribution in [0.1, 0.15) is 24.4 Å². The fourth-order valence-corrected chi connectivity index (χ4v) is 4.69. The van der Waals surface area contributed by atoms with Crippen LogP contribution in [0.3, 0.4) is 0 Å². The number of nitro benzene ring substituents is 1. The van der Waals surface area contributed by atoms with E-state index in [2.05, 4.69) is 0 Å². The molecule has 0 radical (unpaired) electrons. The second-order valence-corrected chi connectivity index (χ2v) is 7.14. The summed E-state index contributed by atoms with van der Waals surface area (Å²) >= 11 is 0.707. The normalized spacial score (nSPS) is 12.6. The Balaban J connectivity index is 3.27. The summed E-state index contributed by atoms with van der Waals surface area (Å²) in [4.78, 5) is 9.36. The molecule has 0 bridgehead atoms. The van der Waals surface area contributed by atoms with Gasteiger partial charge in [0.2, 0.25) is 0 Å². The van der Waals surface area contributed by atoms with Crippen LogP contribution in [0, 0.1) is 20.8 Å². The van der Waals surface area contributed by atoms with E-state index in [4.69, 9.17) is 14.3 Å². The lowest BCUT2D eigenvalue weighted by Crippen LogP contribution is -2.04. The Morgan fingerprint density at radius 3 is 2.52 bits per heavy atom. The number of rotatable bonds is 8. The van der Waals surface area contributed by atoms with Crippen LogP contribution in [0.2, 0.25) is 0 Å². The summed E-state index contributed by atoms with van der Waals surface area (Å²) in [5, 5.41) is 21.6. The van der Waals surface area contributed by atoms with Crippen LogP contribution >= 0.6 is 19.4 Å². The summed E-state index contributed by atoms with van der Waals surface area (Å²) in [5.74, 6) is 0. The van der Waals surface area contributed by atoms with Crippen LogP contribution in [-0.4, -0.2) is 18.1 Å². The van der Waals surface area contributed by atoms with Crippen molar-refractivity contribution in [3.63, 3.8) is 0 Å². The van der Waals surface area contributed by atoms with Crippen LogP contribution in [-0.2, 0) is 13.6 Å². The van der Waals surface area contributed by atoms with Gasteiger partial charge in [0, 0.05) is 12.1 Å². The van der Waals surface area contributed by atoms with Crippen molar-refractivity contribution in [2.75, 3.05) is 13.2 Å². The molecule has 0 fully saturated rings. The van der Waals surface area contributed by atoms with Crippen molar-refractivity contribution >= 4 is 25.0 Å². The molecule has 0 spiro atoms. The predicted molar refractivity (Wildman–Crippen MR) is 79.9 cm³/mol. The largest absolute Gasteiger partial charge is 0.349 e. The van der Waals surface area contributed by atoms with Crippen LogP contribution in [0.25, 0.3) is 0 Å². The van der Waals surface area contributed by atoms with Crippen molar-refractivity contribution in [3.8, 4) is 5.40 Å². The number of non-ortho nitro benzene ring substituents is 1. The van der Waals surface area contributed by atoms with E-state index in [1.807, 2.05) is 5.40 Å². The molecule has 1 rings (SSSR count). The van der Waals surface area contributed by atoms with Gasteiger partial charge in [0.25, 0.3) is 5.69 Å². The highest BCUT2D eigenvalue weighted by Gasteiger charge is 2.38. The summed E-state index contributed by atoms with van der Waals surface area (Å²) in [6.07, 6.45) is 0. The van der Waals surface area contributed by atoms with Gasteiger partial charge in [-0.2, -0.15) is 5.26 Å². The highest BCUT2D eigenvalue weighted by atomic mass is 32.2. The topological polar surface area (TPSA) is 102 Å². The molecule has 0 aliphatic rings. The molecule has 1 unspecified atom stereocenters. The van der Waals surface area contributed by atoms with Gasteiger partial charge in [-0.1, -0.05) is 12.1 Å². The van der Waals surface area contributed by atoms with Gasteiger partial charge in [0.1, 0.15) is 10.4 Å². The van der Waals surface area contributed by atoms with Crippen molar-refractivity contribution in [1.82, 2.24) is 0 Å². The molecule has 0 heterocycles. The monoisotopic (exact) mass is 330 g/mol. The first kappa shape index (κ1) is 17.7. The second kappa shape index (κ2) is 8.15. The third-order valence-corrected chi connectivity index (χ3v) is 6.24. The van der Waals surface area contributed by atoms with Crippen LogP contribution < -0.4 is 0 Å². The Labute approximate surface area is 126 Å². The molecule has 0 N–H and O–H groups in total. The third-order valence-electron chi connectivity index (χ3n) is 2.44. The SMILES string of the molecule is CCOP(=O)(OCC)C(SC#N)c1cccc([N+](=O)[O-])c1. The van der Waals surface area contributed by atoms with Crippen molar-refractivity contribution < 1.29 is 18.5 Å². The first-order valence-electron chi connectivity index (χ1n) is 6.16. The van der Waals surface area contributed by atoms with Crippen molar-refractivity contribution in [1.29, 1.82) is 5.26 Å².